The molecule has 3 fully saturated rings. The lowest BCUT2D eigenvalue weighted by molar-refractivity contribution is 0.0210. The Morgan fingerprint density at radius 2 is 2.10 bits per heavy atom. The van der Waals surface area contributed by atoms with Crippen molar-refractivity contribution in [2.45, 2.75) is 56.8 Å². The highest BCUT2D eigenvalue weighted by Crippen LogP contribution is 2.52. The molecule has 2 aliphatic heterocycles. The molecule has 1 saturated carbocycles. The summed E-state index contributed by atoms with van der Waals surface area (Å²) in [6, 6.07) is 2.26. The van der Waals surface area contributed by atoms with Gasteiger partial charge in [-0.05, 0) is 46.4 Å². The maximum absolute atomic E-state index is 14.8. The van der Waals surface area contributed by atoms with Crippen molar-refractivity contribution in [2.24, 2.45) is 5.92 Å². The van der Waals surface area contributed by atoms with E-state index >= 15 is 0 Å². The number of carbonyl (C=O) groups excluding carboxylic acids is 1. The first-order chi connectivity index (χ1) is 14.6. The summed E-state index contributed by atoms with van der Waals surface area (Å²) in [4.78, 5) is 23.2. The van der Waals surface area contributed by atoms with E-state index in [1.807, 2.05) is 38.9 Å². The van der Waals surface area contributed by atoms with Gasteiger partial charge in [-0.25, -0.2) is 19.2 Å². The van der Waals surface area contributed by atoms with E-state index in [-0.39, 0.29) is 28.8 Å². The predicted octanol–water partition coefficient (Wildman–Crippen LogP) is 5.59. The first kappa shape index (κ1) is 20.8. The first-order valence-electron chi connectivity index (χ1n) is 10.3. The standard InChI is InChI=1S/C22H24ClFN4O2S/c1-10-6-12-18(13-8-25-19(23)15(24)16(13)26-20(12)31-5)28(10)17-11-7-14(17)27(9-11)21(29)30-22(2,3)4/h6,8,11,14,17H,7,9H2,1-5H3/t11-,14-,17+/m1/s1. The number of thioether (sulfide) groups is 1. The molecule has 1 amide bonds. The van der Waals surface area contributed by atoms with Crippen LogP contribution in [0.5, 0.6) is 0 Å². The molecule has 3 aromatic heterocycles. The normalized spacial score (nSPS) is 22.9. The fourth-order valence-electron chi connectivity index (χ4n) is 5.03. The van der Waals surface area contributed by atoms with Gasteiger partial charge < -0.3 is 14.2 Å². The molecule has 0 aromatic carbocycles. The van der Waals surface area contributed by atoms with Gasteiger partial charge in [-0.2, -0.15) is 0 Å². The van der Waals surface area contributed by atoms with E-state index in [9.17, 15) is 9.18 Å². The Morgan fingerprint density at radius 1 is 1.35 bits per heavy atom. The minimum atomic E-state index is -0.603. The van der Waals surface area contributed by atoms with Gasteiger partial charge in [0.2, 0.25) is 0 Å². The minimum absolute atomic E-state index is 0.0557. The molecule has 6 rings (SSSR count). The van der Waals surface area contributed by atoms with Crippen molar-refractivity contribution in [3.8, 4) is 0 Å². The van der Waals surface area contributed by atoms with Crippen molar-refractivity contribution in [2.75, 3.05) is 12.8 Å². The summed E-state index contributed by atoms with van der Waals surface area (Å²) >= 11 is 7.42. The molecule has 5 heterocycles. The number of pyridine rings is 2. The SMILES string of the molecule is CSc1nc2c(F)c(Cl)ncc2c2c1cc(C)n2[C@H]1[C@@H]2C[C@H]1N(C(=O)OC(C)(C)C)C2. The van der Waals surface area contributed by atoms with Crippen LogP contribution in [-0.2, 0) is 4.74 Å². The monoisotopic (exact) mass is 462 g/mol. The second-order valence-corrected chi connectivity index (χ2v) is 10.5. The van der Waals surface area contributed by atoms with Crippen LogP contribution in [0.1, 0.15) is 38.9 Å². The predicted molar refractivity (Wildman–Crippen MR) is 120 cm³/mol. The third-order valence-electron chi connectivity index (χ3n) is 6.25. The third-order valence-corrected chi connectivity index (χ3v) is 7.21. The lowest BCUT2D eigenvalue weighted by Crippen LogP contribution is -2.44. The zero-order chi connectivity index (χ0) is 22.2. The number of rotatable bonds is 2. The number of nitrogens with zero attached hydrogens (tertiary/aromatic N) is 4. The number of halogens is 2. The molecule has 0 N–H and O–H groups in total. The molecular formula is C22H24ClFN4O2S. The number of carbonyl (C=O) groups is 1. The second-order valence-electron chi connectivity index (χ2n) is 9.35. The number of ether oxygens (including phenoxy) is 1. The van der Waals surface area contributed by atoms with Crippen LogP contribution in [0.25, 0.3) is 21.8 Å². The maximum Gasteiger partial charge on any atom is 0.410 e. The third kappa shape index (κ3) is 3.09. The van der Waals surface area contributed by atoms with Gasteiger partial charge in [0.1, 0.15) is 16.1 Å². The van der Waals surface area contributed by atoms with E-state index in [0.29, 0.717) is 17.8 Å². The largest absolute Gasteiger partial charge is 0.444 e. The van der Waals surface area contributed by atoms with Crippen LogP contribution in [0.3, 0.4) is 0 Å². The molecular weight excluding hydrogens is 439 g/mol. The molecule has 3 atom stereocenters. The number of hydrogen-bond acceptors (Lipinski definition) is 5. The molecule has 31 heavy (non-hydrogen) atoms. The summed E-state index contributed by atoms with van der Waals surface area (Å²) in [5.74, 6) is -0.272. The Morgan fingerprint density at radius 3 is 2.77 bits per heavy atom. The highest BCUT2D eigenvalue weighted by Gasteiger charge is 2.56. The van der Waals surface area contributed by atoms with Crippen molar-refractivity contribution < 1.29 is 13.9 Å². The molecule has 0 spiro atoms. The zero-order valence-electron chi connectivity index (χ0n) is 18.1. The van der Waals surface area contributed by atoms with Crippen LogP contribution in [-0.4, -0.2) is 50.0 Å². The summed E-state index contributed by atoms with van der Waals surface area (Å²) in [6.45, 7) is 8.35. The lowest BCUT2D eigenvalue weighted by atomic mass is 9.79. The van der Waals surface area contributed by atoms with Gasteiger partial charge in [-0.1, -0.05) is 11.6 Å². The summed E-state index contributed by atoms with van der Waals surface area (Å²) in [5, 5.41) is 2.18. The van der Waals surface area contributed by atoms with Gasteiger partial charge in [-0.15, -0.1) is 11.8 Å². The van der Waals surface area contributed by atoms with E-state index in [2.05, 4.69) is 20.6 Å². The van der Waals surface area contributed by atoms with E-state index in [4.69, 9.17) is 16.3 Å². The number of aromatic nitrogens is 3. The summed E-state index contributed by atoms with van der Waals surface area (Å²) in [5.41, 5.74) is 1.65. The Hall–Kier alpha value is -2.06. The lowest BCUT2D eigenvalue weighted by Gasteiger charge is -2.39. The fraction of sp³-hybridized carbons (Fsp3) is 0.500. The average Bonchev–Trinajstić information content (AvgIpc) is 3.36. The number of amides is 1. The van der Waals surface area contributed by atoms with Crippen molar-refractivity contribution in [3.05, 3.63) is 28.9 Å². The highest BCUT2D eigenvalue weighted by atomic mass is 35.5. The molecule has 1 aliphatic carbocycles. The fourth-order valence-corrected chi connectivity index (χ4v) is 5.73. The van der Waals surface area contributed by atoms with Gasteiger partial charge in [-0.3, -0.25) is 0 Å². The Labute approximate surface area is 189 Å². The Bertz CT molecular complexity index is 1240. The van der Waals surface area contributed by atoms with Crippen LogP contribution in [0.15, 0.2) is 17.3 Å². The topological polar surface area (TPSA) is 60.2 Å². The smallest absolute Gasteiger partial charge is 0.410 e. The van der Waals surface area contributed by atoms with Crippen LogP contribution in [0, 0.1) is 18.7 Å². The molecule has 2 bridgehead atoms. The quantitative estimate of drug-likeness (QED) is 0.367. The number of hydrogen-bond donors (Lipinski definition) is 0. The molecule has 0 radical (unpaired) electrons. The summed E-state index contributed by atoms with van der Waals surface area (Å²) in [6.07, 6.45) is 4.20. The van der Waals surface area contributed by atoms with E-state index in [1.54, 1.807) is 6.20 Å². The molecule has 0 unspecified atom stereocenters. The summed E-state index contributed by atoms with van der Waals surface area (Å²) in [7, 11) is 0. The van der Waals surface area contributed by atoms with Crippen LogP contribution in [0.4, 0.5) is 9.18 Å². The second kappa shape index (κ2) is 6.97. The zero-order valence-corrected chi connectivity index (χ0v) is 19.6. The average molecular weight is 463 g/mol. The summed E-state index contributed by atoms with van der Waals surface area (Å²) < 4.78 is 22.7. The van der Waals surface area contributed by atoms with Crippen molar-refractivity contribution in [1.29, 1.82) is 0 Å². The Balaban J connectivity index is 1.65. The van der Waals surface area contributed by atoms with Crippen LogP contribution < -0.4 is 0 Å². The molecule has 9 heteroatoms. The Kier molecular flexibility index (Phi) is 4.68. The van der Waals surface area contributed by atoms with Crippen molar-refractivity contribution in [1.82, 2.24) is 19.4 Å². The first-order valence-corrected chi connectivity index (χ1v) is 11.9. The molecule has 2 saturated heterocycles. The van der Waals surface area contributed by atoms with E-state index < -0.39 is 11.4 Å². The molecule has 164 valence electrons. The van der Waals surface area contributed by atoms with Gasteiger partial charge in [0, 0.05) is 35.1 Å². The molecule has 3 aromatic rings. The van der Waals surface area contributed by atoms with Crippen molar-refractivity contribution in [3.63, 3.8) is 0 Å². The number of aryl methyl sites for hydroxylation is 1. The molecule has 3 aliphatic rings. The van der Waals surface area contributed by atoms with Gasteiger partial charge >= 0.3 is 6.09 Å². The molecule has 6 nitrogen and oxygen atoms in total. The number of fused-ring (bicyclic) bond motifs is 4. The highest BCUT2D eigenvalue weighted by molar-refractivity contribution is 7.98. The van der Waals surface area contributed by atoms with E-state index in [0.717, 1.165) is 28.0 Å². The van der Waals surface area contributed by atoms with Crippen LogP contribution in [0.2, 0.25) is 5.15 Å². The van der Waals surface area contributed by atoms with Crippen molar-refractivity contribution >= 4 is 51.3 Å². The van der Waals surface area contributed by atoms with Gasteiger partial charge in [0.15, 0.2) is 11.0 Å². The van der Waals surface area contributed by atoms with E-state index in [1.165, 1.54) is 11.8 Å². The van der Waals surface area contributed by atoms with Gasteiger partial charge in [0.25, 0.3) is 0 Å². The van der Waals surface area contributed by atoms with Crippen LogP contribution >= 0.6 is 23.4 Å². The van der Waals surface area contributed by atoms with Gasteiger partial charge in [0.05, 0.1) is 17.6 Å². The maximum atomic E-state index is 14.8. The minimum Gasteiger partial charge on any atom is -0.444 e.